The molecule has 2 amide bonds. The molecule has 3 atom stereocenters. The van der Waals surface area contributed by atoms with Crippen LogP contribution in [0, 0.1) is 5.82 Å². The van der Waals surface area contributed by atoms with Crippen molar-refractivity contribution >= 4 is 18.0 Å². The Balaban J connectivity index is 1.53. The number of halogens is 1. The van der Waals surface area contributed by atoms with Crippen LogP contribution in [0.4, 0.5) is 4.39 Å². The van der Waals surface area contributed by atoms with E-state index < -0.39 is 30.1 Å². The molecule has 1 aliphatic carbocycles. The highest BCUT2D eigenvalue weighted by Crippen LogP contribution is 2.39. The molecule has 1 saturated carbocycles. The Labute approximate surface area is 206 Å². The zero-order valence-corrected chi connectivity index (χ0v) is 19.6. The van der Waals surface area contributed by atoms with E-state index in [4.69, 9.17) is 9.47 Å². The number of hydrogen-bond acceptors (Lipinski definition) is 8. The Kier molecular flexibility index (Phi) is 6.61. The average molecular weight is 499 g/mol. The van der Waals surface area contributed by atoms with Gasteiger partial charge in [-0.1, -0.05) is 12.1 Å². The lowest BCUT2D eigenvalue weighted by Crippen LogP contribution is -2.57. The van der Waals surface area contributed by atoms with E-state index in [1.165, 1.54) is 36.6 Å². The highest BCUT2D eigenvalue weighted by atomic mass is 19.1. The Hall–Kier alpha value is -3.54. The van der Waals surface area contributed by atoms with Crippen molar-refractivity contribution in [3.05, 3.63) is 70.3 Å². The maximum absolute atomic E-state index is 13.5. The van der Waals surface area contributed by atoms with E-state index in [1.807, 2.05) is 0 Å². The maximum Gasteiger partial charge on any atom is 0.288 e. The Bertz CT molecular complexity index is 1190. The molecule has 5 rings (SSSR count). The molecule has 0 spiro atoms. The predicted molar refractivity (Wildman–Crippen MR) is 126 cm³/mol. The first kappa shape index (κ1) is 24.2. The molecule has 3 aliphatic heterocycles. The number of carbonyl (C=O) groups is 2. The van der Waals surface area contributed by atoms with Crippen molar-refractivity contribution in [2.24, 2.45) is 4.99 Å². The smallest absolute Gasteiger partial charge is 0.288 e. The number of aliphatic imine (C=N–C) groups is 1. The molecule has 4 aliphatic rings. The normalized spacial score (nSPS) is 23.8. The highest BCUT2D eigenvalue weighted by molar-refractivity contribution is 6.00. The minimum Gasteiger partial charge on any atom is -0.509 e. The second-order valence-corrected chi connectivity index (χ2v) is 9.06. The van der Waals surface area contributed by atoms with Gasteiger partial charge in [-0.2, -0.15) is 0 Å². The SMILES string of the molecule is COCCNC(O)C1=C(O)C2N=CC(Cc3ccc(F)cc3)=C3OC(C(=O)NC4CC4)=CN(C1=O)C32. The summed E-state index contributed by atoms with van der Waals surface area (Å²) in [5, 5.41) is 27.2. The molecule has 3 heterocycles. The van der Waals surface area contributed by atoms with Gasteiger partial charge in [0.15, 0.2) is 0 Å². The molecule has 10 nitrogen and oxygen atoms in total. The second-order valence-electron chi connectivity index (χ2n) is 9.06. The van der Waals surface area contributed by atoms with Crippen LogP contribution >= 0.6 is 0 Å². The van der Waals surface area contributed by atoms with E-state index in [2.05, 4.69) is 15.6 Å². The van der Waals surface area contributed by atoms with E-state index in [9.17, 15) is 24.2 Å². The Morgan fingerprint density at radius 2 is 2.08 bits per heavy atom. The molecule has 0 aromatic heterocycles. The van der Waals surface area contributed by atoms with E-state index in [0.29, 0.717) is 17.8 Å². The summed E-state index contributed by atoms with van der Waals surface area (Å²) < 4.78 is 24.4. The van der Waals surface area contributed by atoms with Gasteiger partial charge in [-0.3, -0.25) is 24.8 Å². The number of rotatable bonds is 9. The minimum absolute atomic E-state index is 0.0661. The first-order chi connectivity index (χ1) is 17.4. The van der Waals surface area contributed by atoms with Gasteiger partial charge < -0.3 is 25.0 Å². The standard InChI is InChI=1S/C25H27FN4O6/c1-35-9-8-27-24(33)18-21(31)19-20-22(14(11-28-19)10-13-2-4-15(26)5-3-13)36-17(12-30(20)25(18)34)23(32)29-16-6-7-16/h2-5,11-12,16,19-20,24,27,31,33H,6-10H2,1H3,(H,29,32). The van der Waals surface area contributed by atoms with Crippen LogP contribution in [0.25, 0.3) is 0 Å². The topological polar surface area (TPSA) is 133 Å². The Morgan fingerprint density at radius 1 is 1.33 bits per heavy atom. The molecule has 4 N–H and O–H groups in total. The minimum atomic E-state index is -1.48. The third kappa shape index (κ3) is 4.64. The number of aliphatic hydroxyl groups is 2. The van der Waals surface area contributed by atoms with Crippen molar-refractivity contribution < 1.29 is 33.7 Å². The molecule has 1 aromatic carbocycles. The van der Waals surface area contributed by atoms with Crippen molar-refractivity contribution in [3.63, 3.8) is 0 Å². The summed E-state index contributed by atoms with van der Waals surface area (Å²) in [4.78, 5) is 32.1. The van der Waals surface area contributed by atoms with Crippen LogP contribution in [-0.4, -0.2) is 77.8 Å². The van der Waals surface area contributed by atoms with Crippen molar-refractivity contribution in [3.8, 4) is 0 Å². The number of amides is 2. The van der Waals surface area contributed by atoms with Gasteiger partial charge in [-0.15, -0.1) is 0 Å². The third-order valence-electron chi connectivity index (χ3n) is 6.43. The molecule has 36 heavy (non-hydrogen) atoms. The van der Waals surface area contributed by atoms with Crippen LogP contribution in [0.2, 0.25) is 0 Å². The van der Waals surface area contributed by atoms with Crippen molar-refractivity contribution in [1.82, 2.24) is 15.5 Å². The number of nitrogens with zero attached hydrogens (tertiary/aromatic N) is 2. The lowest BCUT2D eigenvalue weighted by molar-refractivity contribution is -0.131. The van der Waals surface area contributed by atoms with Gasteiger partial charge in [0.1, 0.15) is 41.2 Å². The molecular weight excluding hydrogens is 471 g/mol. The van der Waals surface area contributed by atoms with Crippen molar-refractivity contribution in [2.75, 3.05) is 20.3 Å². The fourth-order valence-corrected chi connectivity index (χ4v) is 4.42. The number of hydrogen-bond donors (Lipinski definition) is 4. The number of nitrogens with one attached hydrogen (secondary N) is 2. The second kappa shape index (κ2) is 9.84. The largest absolute Gasteiger partial charge is 0.509 e. The molecule has 3 unspecified atom stereocenters. The van der Waals surface area contributed by atoms with E-state index in [0.717, 1.165) is 18.4 Å². The summed E-state index contributed by atoms with van der Waals surface area (Å²) in [5.74, 6) is -1.67. The van der Waals surface area contributed by atoms with Crippen molar-refractivity contribution in [1.29, 1.82) is 0 Å². The number of benzene rings is 1. The van der Waals surface area contributed by atoms with E-state index in [-0.39, 0.29) is 42.1 Å². The fraction of sp³-hybridized carbons (Fsp3) is 0.400. The van der Waals surface area contributed by atoms with E-state index >= 15 is 0 Å². The lowest BCUT2D eigenvalue weighted by Gasteiger charge is -2.44. The van der Waals surface area contributed by atoms with Gasteiger partial charge in [0.2, 0.25) is 5.76 Å². The predicted octanol–water partition coefficient (Wildman–Crippen LogP) is 0.803. The zero-order valence-electron chi connectivity index (χ0n) is 19.6. The number of aliphatic hydroxyl groups excluding tert-OH is 2. The van der Waals surface area contributed by atoms with Gasteiger partial charge >= 0.3 is 0 Å². The summed E-state index contributed by atoms with van der Waals surface area (Å²) >= 11 is 0. The summed E-state index contributed by atoms with van der Waals surface area (Å²) in [5.41, 5.74) is 1.10. The van der Waals surface area contributed by atoms with Crippen LogP contribution in [0.3, 0.4) is 0 Å². The summed E-state index contributed by atoms with van der Waals surface area (Å²) in [6.45, 7) is 0.520. The van der Waals surface area contributed by atoms with Crippen LogP contribution < -0.4 is 10.6 Å². The van der Waals surface area contributed by atoms with Gasteiger partial charge in [0.25, 0.3) is 11.8 Å². The van der Waals surface area contributed by atoms with Gasteiger partial charge in [-0.25, -0.2) is 4.39 Å². The van der Waals surface area contributed by atoms with Crippen LogP contribution in [0.5, 0.6) is 0 Å². The molecule has 0 bridgehead atoms. The molecule has 1 fully saturated rings. The zero-order chi connectivity index (χ0) is 25.4. The number of carbonyl (C=O) groups excluding carboxylic acids is 2. The number of methoxy groups -OCH3 is 1. The number of ether oxygens (including phenoxy) is 2. The van der Waals surface area contributed by atoms with Crippen LogP contribution in [0.1, 0.15) is 18.4 Å². The first-order valence-corrected chi connectivity index (χ1v) is 11.7. The van der Waals surface area contributed by atoms with Gasteiger partial charge in [0, 0.05) is 37.9 Å². The quantitative estimate of drug-likeness (QED) is 0.293. The Morgan fingerprint density at radius 3 is 2.78 bits per heavy atom. The average Bonchev–Trinajstić information content (AvgIpc) is 3.68. The molecular formula is C25H27FN4O6. The molecule has 0 saturated heterocycles. The van der Waals surface area contributed by atoms with Crippen LogP contribution in [0.15, 0.2) is 63.9 Å². The van der Waals surface area contributed by atoms with Crippen LogP contribution in [-0.2, 0) is 25.5 Å². The lowest BCUT2D eigenvalue weighted by atomic mass is 9.87. The monoisotopic (exact) mass is 498 g/mol. The maximum atomic E-state index is 13.5. The first-order valence-electron chi connectivity index (χ1n) is 11.7. The third-order valence-corrected chi connectivity index (χ3v) is 6.43. The summed E-state index contributed by atoms with van der Waals surface area (Å²) in [6.07, 6.45) is 3.40. The molecule has 0 radical (unpaired) electrons. The molecule has 1 aromatic rings. The highest BCUT2D eigenvalue weighted by Gasteiger charge is 2.50. The van der Waals surface area contributed by atoms with Gasteiger partial charge in [0.05, 0.1) is 12.8 Å². The number of allylic oxidation sites excluding steroid dienone is 1. The van der Waals surface area contributed by atoms with Gasteiger partial charge in [-0.05, 0) is 30.5 Å². The fourth-order valence-electron chi connectivity index (χ4n) is 4.42. The summed E-state index contributed by atoms with van der Waals surface area (Å²) in [6, 6.07) is 4.23. The molecule has 190 valence electrons. The summed E-state index contributed by atoms with van der Waals surface area (Å²) in [7, 11) is 1.50. The van der Waals surface area contributed by atoms with E-state index in [1.54, 1.807) is 12.1 Å². The number of dihydropyridines is 1. The van der Waals surface area contributed by atoms with Crippen molar-refractivity contribution in [2.45, 2.75) is 43.6 Å². The molecule has 11 heteroatoms.